The highest BCUT2D eigenvalue weighted by molar-refractivity contribution is 8.05. The van der Waals surface area contributed by atoms with Gasteiger partial charge < -0.3 is 20.7 Å². The van der Waals surface area contributed by atoms with Crippen LogP contribution in [0.1, 0.15) is 42.9 Å². The number of piperidine rings is 1. The number of aromatic nitrogens is 1. The summed E-state index contributed by atoms with van der Waals surface area (Å²) in [7, 11) is 0. The predicted molar refractivity (Wildman–Crippen MR) is 107 cm³/mol. The number of carbonyl (C=O) groups excluding carboxylic acids is 1. The third kappa shape index (κ3) is 3.94. The smallest absolute Gasteiger partial charge is 0.343 e. The van der Waals surface area contributed by atoms with Crippen LogP contribution in [-0.4, -0.2) is 50.5 Å². The second kappa shape index (κ2) is 7.58. The van der Waals surface area contributed by atoms with E-state index in [-0.39, 0.29) is 28.7 Å². The van der Waals surface area contributed by atoms with E-state index in [0.717, 1.165) is 19.4 Å². The van der Waals surface area contributed by atoms with E-state index in [1.807, 2.05) is 6.92 Å². The van der Waals surface area contributed by atoms with Crippen molar-refractivity contribution in [2.45, 2.75) is 50.7 Å². The van der Waals surface area contributed by atoms with Crippen LogP contribution in [0.5, 0.6) is 0 Å². The molecule has 2 aliphatic heterocycles. The Morgan fingerprint density at radius 1 is 1.41 bits per heavy atom. The van der Waals surface area contributed by atoms with E-state index >= 15 is 0 Å². The molecular weight excluding hydrogens is 411 g/mol. The van der Waals surface area contributed by atoms with Crippen molar-refractivity contribution in [2.75, 3.05) is 6.54 Å². The van der Waals surface area contributed by atoms with Gasteiger partial charge in [-0.1, -0.05) is 35.0 Å². The van der Waals surface area contributed by atoms with E-state index < -0.39 is 11.0 Å². The molecule has 0 saturated carbocycles. The van der Waals surface area contributed by atoms with Gasteiger partial charge in [-0.25, -0.2) is 4.79 Å². The number of nitrogens with zero attached hydrogens (tertiary/aromatic N) is 1. The number of carboxylic acid groups (broad SMARTS) is 1. The van der Waals surface area contributed by atoms with Crippen LogP contribution in [0.25, 0.3) is 0 Å². The molecule has 2 aliphatic rings. The molecule has 1 amide bonds. The molecule has 0 radical (unpaired) electrons. The standard InChI is InChI=1S/C17H22Cl2N4O3S/c1-8-6-10(22-15(24)14-13(19)12(18)9(2)21-14)4-5-23(8)17(3)20-7-11(27-17)16(25)26/h7-8,10,20-21H,4-6H2,1-3H3,(H,22,24)(H,25,26). The van der Waals surface area contributed by atoms with E-state index in [4.69, 9.17) is 23.2 Å². The zero-order valence-corrected chi connectivity index (χ0v) is 17.6. The Kier molecular flexibility index (Phi) is 5.72. The van der Waals surface area contributed by atoms with Gasteiger partial charge in [0.2, 0.25) is 0 Å². The lowest BCUT2D eigenvalue weighted by Crippen LogP contribution is -2.59. The maximum absolute atomic E-state index is 12.5. The molecule has 0 aromatic carbocycles. The molecule has 0 aliphatic carbocycles. The van der Waals surface area contributed by atoms with E-state index in [0.29, 0.717) is 15.6 Å². The Balaban J connectivity index is 1.61. The lowest BCUT2D eigenvalue weighted by atomic mass is 9.97. The quantitative estimate of drug-likeness (QED) is 0.583. The second-order valence-corrected chi connectivity index (χ2v) is 9.23. The molecule has 3 heterocycles. The first-order chi connectivity index (χ1) is 12.6. The Morgan fingerprint density at radius 3 is 2.63 bits per heavy atom. The number of aliphatic carboxylic acids is 1. The van der Waals surface area contributed by atoms with Crippen LogP contribution in [0, 0.1) is 6.92 Å². The molecule has 1 aromatic heterocycles. The lowest BCUT2D eigenvalue weighted by Gasteiger charge is -2.46. The first-order valence-corrected chi connectivity index (χ1v) is 10.2. The average molecular weight is 433 g/mol. The van der Waals surface area contributed by atoms with Crippen molar-refractivity contribution in [1.29, 1.82) is 0 Å². The van der Waals surface area contributed by atoms with Crippen LogP contribution in [0.15, 0.2) is 11.1 Å². The third-order valence-corrected chi connectivity index (χ3v) is 7.24. The molecule has 1 fully saturated rings. The zero-order valence-electron chi connectivity index (χ0n) is 15.2. The summed E-state index contributed by atoms with van der Waals surface area (Å²) in [5.74, 6) is -1.20. The van der Waals surface area contributed by atoms with E-state index in [1.165, 1.54) is 11.8 Å². The molecule has 10 heteroatoms. The topological polar surface area (TPSA) is 97.5 Å². The van der Waals surface area contributed by atoms with Crippen molar-refractivity contribution < 1.29 is 14.7 Å². The number of amides is 1. The van der Waals surface area contributed by atoms with Crippen LogP contribution >= 0.6 is 35.0 Å². The van der Waals surface area contributed by atoms with E-state index in [1.54, 1.807) is 13.1 Å². The summed E-state index contributed by atoms with van der Waals surface area (Å²) in [6.45, 7) is 6.54. The minimum Gasteiger partial charge on any atom is -0.477 e. The van der Waals surface area contributed by atoms with Gasteiger partial charge in [-0.3, -0.25) is 9.69 Å². The van der Waals surface area contributed by atoms with Crippen LogP contribution in [0.2, 0.25) is 10.0 Å². The van der Waals surface area contributed by atoms with E-state index in [2.05, 4.69) is 27.4 Å². The van der Waals surface area contributed by atoms with Crippen molar-refractivity contribution in [2.24, 2.45) is 0 Å². The SMILES string of the molecule is Cc1[nH]c(C(=O)NC2CCN(C3(C)NC=C(C(=O)O)S3)C(C)C2)c(Cl)c1Cl. The number of hydrogen-bond acceptors (Lipinski definition) is 5. The fourth-order valence-corrected chi connectivity index (χ4v) is 5.20. The molecule has 1 aromatic rings. The van der Waals surface area contributed by atoms with Crippen molar-refractivity contribution in [3.8, 4) is 0 Å². The summed E-state index contributed by atoms with van der Waals surface area (Å²) < 4.78 is 0. The summed E-state index contributed by atoms with van der Waals surface area (Å²) in [5, 5.41) is 16.0. The first-order valence-electron chi connectivity index (χ1n) is 8.63. The summed E-state index contributed by atoms with van der Waals surface area (Å²) in [6, 6.07) is 0.157. The minimum atomic E-state index is -0.928. The first kappa shape index (κ1) is 20.4. The van der Waals surface area contributed by atoms with Gasteiger partial charge >= 0.3 is 5.97 Å². The maximum atomic E-state index is 12.5. The highest BCUT2D eigenvalue weighted by Crippen LogP contribution is 2.40. The average Bonchev–Trinajstić information content (AvgIpc) is 3.11. The molecule has 148 valence electrons. The Hall–Kier alpha value is -1.35. The molecule has 0 spiro atoms. The van der Waals surface area contributed by atoms with Gasteiger partial charge in [-0.2, -0.15) is 0 Å². The van der Waals surface area contributed by atoms with E-state index in [9.17, 15) is 14.7 Å². The second-order valence-electron chi connectivity index (χ2n) is 7.03. The van der Waals surface area contributed by atoms with Gasteiger partial charge in [0.15, 0.2) is 0 Å². The molecule has 0 bridgehead atoms. The summed E-state index contributed by atoms with van der Waals surface area (Å²) in [6.07, 6.45) is 3.05. The number of hydrogen-bond donors (Lipinski definition) is 4. The number of likely N-dealkylation sites (tertiary alicyclic amines) is 1. The minimum absolute atomic E-state index is 0.00380. The number of H-pyrrole nitrogens is 1. The maximum Gasteiger partial charge on any atom is 0.343 e. The summed E-state index contributed by atoms with van der Waals surface area (Å²) in [5.41, 5.74) is 0.943. The molecular formula is C17H22Cl2N4O3S. The number of rotatable bonds is 4. The monoisotopic (exact) mass is 432 g/mol. The molecule has 3 atom stereocenters. The summed E-state index contributed by atoms with van der Waals surface area (Å²) >= 11 is 13.5. The van der Waals surface area contributed by atoms with Gasteiger partial charge in [-0.15, -0.1) is 0 Å². The van der Waals surface area contributed by atoms with Crippen LogP contribution in [0.3, 0.4) is 0 Å². The Morgan fingerprint density at radius 2 is 2.11 bits per heavy atom. The highest BCUT2D eigenvalue weighted by atomic mass is 35.5. The number of aromatic amines is 1. The number of nitrogens with one attached hydrogen (secondary N) is 3. The van der Waals surface area contributed by atoms with Crippen LogP contribution in [0.4, 0.5) is 0 Å². The fraction of sp³-hybridized carbons (Fsp3) is 0.529. The zero-order chi connectivity index (χ0) is 19.9. The van der Waals surface area contributed by atoms with Crippen molar-refractivity contribution in [3.63, 3.8) is 0 Å². The van der Waals surface area contributed by atoms with Gasteiger partial charge in [-0.05, 0) is 33.6 Å². The normalized spacial score (nSPS) is 28.6. The lowest BCUT2D eigenvalue weighted by molar-refractivity contribution is -0.131. The largest absolute Gasteiger partial charge is 0.477 e. The highest BCUT2D eigenvalue weighted by Gasteiger charge is 2.43. The van der Waals surface area contributed by atoms with Crippen molar-refractivity contribution >= 4 is 46.8 Å². The number of carbonyl (C=O) groups is 2. The Bertz CT molecular complexity index is 812. The van der Waals surface area contributed by atoms with Gasteiger partial charge in [0.1, 0.15) is 15.6 Å². The predicted octanol–water partition coefficient (Wildman–Crippen LogP) is 3.15. The van der Waals surface area contributed by atoms with Crippen molar-refractivity contribution in [3.05, 3.63) is 32.5 Å². The molecule has 7 nitrogen and oxygen atoms in total. The van der Waals surface area contributed by atoms with Crippen molar-refractivity contribution in [1.82, 2.24) is 20.5 Å². The molecule has 27 heavy (non-hydrogen) atoms. The summed E-state index contributed by atoms with van der Waals surface area (Å²) in [4.78, 5) is 28.7. The van der Waals surface area contributed by atoms with Gasteiger partial charge in [0.05, 0.1) is 10.0 Å². The molecule has 1 saturated heterocycles. The molecule has 3 rings (SSSR count). The third-order valence-electron chi connectivity index (χ3n) is 5.03. The fourth-order valence-electron chi connectivity index (χ4n) is 3.64. The van der Waals surface area contributed by atoms with Gasteiger partial charge in [0, 0.05) is 30.5 Å². The van der Waals surface area contributed by atoms with Crippen LogP contribution in [-0.2, 0) is 4.79 Å². The Labute approximate surface area is 171 Å². The number of aryl methyl sites for hydroxylation is 1. The number of halogens is 2. The number of thioether (sulfide) groups is 1. The molecule has 3 unspecified atom stereocenters. The van der Waals surface area contributed by atoms with Crippen LogP contribution < -0.4 is 10.6 Å². The van der Waals surface area contributed by atoms with Gasteiger partial charge in [0.25, 0.3) is 5.91 Å². The number of carboxylic acids is 1. The molecule has 4 N–H and O–H groups in total.